The number of carbonyl (C=O) groups is 2. The van der Waals surface area contributed by atoms with Crippen LogP contribution in [0.15, 0.2) is 72.8 Å². The molecule has 1 heterocycles. The number of nitrogens with zero attached hydrogens (tertiary/aromatic N) is 2. The van der Waals surface area contributed by atoms with Gasteiger partial charge in [0.15, 0.2) is 5.78 Å². The van der Waals surface area contributed by atoms with Crippen molar-refractivity contribution >= 4 is 40.6 Å². The van der Waals surface area contributed by atoms with E-state index < -0.39 is 0 Å². The van der Waals surface area contributed by atoms with Gasteiger partial charge in [-0.25, -0.2) is 0 Å². The summed E-state index contributed by atoms with van der Waals surface area (Å²) in [4.78, 5) is 29.7. The quantitative estimate of drug-likeness (QED) is 0.319. The van der Waals surface area contributed by atoms with Gasteiger partial charge in [-0.1, -0.05) is 41.4 Å². The van der Waals surface area contributed by atoms with E-state index in [9.17, 15) is 9.59 Å². The van der Waals surface area contributed by atoms with E-state index in [1.807, 2.05) is 30.3 Å². The van der Waals surface area contributed by atoms with Crippen LogP contribution in [0, 0.1) is 0 Å². The van der Waals surface area contributed by atoms with Crippen molar-refractivity contribution in [3.8, 4) is 0 Å². The van der Waals surface area contributed by atoms with Gasteiger partial charge in [-0.15, -0.1) is 0 Å². The highest BCUT2D eigenvalue weighted by atomic mass is 35.5. The Kier molecular flexibility index (Phi) is 8.22. The number of hydrogen-bond donors (Lipinski definition) is 0. The Morgan fingerprint density at radius 1 is 0.794 bits per heavy atom. The van der Waals surface area contributed by atoms with Gasteiger partial charge in [0.25, 0.3) is 0 Å². The van der Waals surface area contributed by atoms with E-state index in [0.29, 0.717) is 29.3 Å². The minimum Gasteiger partial charge on any atom is -0.464 e. The Bertz CT molecular complexity index is 1130. The second-order valence-corrected chi connectivity index (χ2v) is 9.11. The SMILES string of the molecule is O=C(Cc1cccc(C(=O)c2ccc(Cl)cc2)c1)OCCN1CCN(c2ccc(Cl)cc2)CC1. The zero-order valence-electron chi connectivity index (χ0n) is 18.8. The fourth-order valence-electron chi connectivity index (χ4n) is 3.98. The lowest BCUT2D eigenvalue weighted by Crippen LogP contribution is -2.47. The van der Waals surface area contributed by atoms with Gasteiger partial charge in [0.1, 0.15) is 6.61 Å². The summed E-state index contributed by atoms with van der Waals surface area (Å²) in [5.41, 5.74) is 3.01. The van der Waals surface area contributed by atoms with Gasteiger partial charge in [-0.2, -0.15) is 0 Å². The number of rotatable bonds is 8. The van der Waals surface area contributed by atoms with E-state index in [2.05, 4.69) is 9.80 Å². The number of benzene rings is 3. The van der Waals surface area contributed by atoms with Crippen molar-refractivity contribution in [3.63, 3.8) is 0 Å². The molecule has 0 spiro atoms. The van der Waals surface area contributed by atoms with Crippen LogP contribution < -0.4 is 4.90 Å². The van der Waals surface area contributed by atoms with Crippen LogP contribution in [-0.2, 0) is 16.0 Å². The molecule has 0 radical (unpaired) electrons. The van der Waals surface area contributed by atoms with Crippen LogP contribution in [-0.4, -0.2) is 56.0 Å². The molecule has 0 saturated carbocycles. The zero-order chi connectivity index (χ0) is 23.9. The number of halogens is 2. The van der Waals surface area contributed by atoms with Crippen LogP contribution in [0.2, 0.25) is 10.0 Å². The molecule has 176 valence electrons. The number of piperazine rings is 1. The summed E-state index contributed by atoms with van der Waals surface area (Å²) in [6, 6.07) is 21.8. The second-order valence-electron chi connectivity index (χ2n) is 8.24. The maximum atomic E-state index is 12.7. The minimum absolute atomic E-state index is 0.107. The van der Waals surface area contributed by atoms with Crippen LogP contribution >= 0.6 is 23.2 Å². The van der Waals surface area contributed by atoms with Gasteiger partial charge < -0.3 is 9.64 Å². The van der Waals surface area contributed by atoms with Crippen molar-refractivity contribution < 1.29 is 14.3 Å². The average Bonchev–Trinajstić information content (AvgIpc) is 2.85. The van der Waals surface area contributed by atoms with E-state index in [0.717, 1.165) is 36.8 Å². The van der Waals surface area contributed by atoms with Gasteiger partial charge in [-0.3, -0.25) is 14.5 Å². The molecule has 0 N–H and O–H groups in total. The first-order valence-corrected chi connectivity index (χ1v) is 12.0. The Morgan fingerprint density at radius 2 is 1.44 bits per heavy atom. The maximum absolute atomic E-state index is 12.7. The number of ketones is 1. The highest BCUT2D eigenvalue weighted by molar-refractivity contribution is 6.31. The van der Waals surface area contributed by atoms with Gasteiger partial charge >= 0.3 is 5.97 Å². The third-order valence-electron chi connectivity index (χ3n) is 5.88. The molecule has 34 heavy (non-hydrogen) atoms. The molecule has 0 unspecified atom stereocenters. The molecular formula is C27H26Cl2N2O3. The molecule has 0 aromatic heterocycles. The van der Waals surface area contributed by atoms with E-state index >= 15 is 0 Å². The molecule has 1 aliphatic rings. The molecule has 0 aliphatic carbocycles. The summed E-state index contributed by atoms with van der Waals surface area (Å²) >= 11 is 11.9. The number of esters is 1. The van der Waals surface area contributed by atoms with Crippen molar-refractivity contribution in [2.24, 2.45) is 0 Å². The summed E-state index contributed by atoms with van der Waals surface area (Å²) in [6.07, 6.45) is 0.131. The summed E-state index contributed by atoms with van der Waals surface area (Å²) in [7, 11) is 0. The molecule has 1 fully saturated rings. The summed E-state index contributed by atoms with van der Waals surface area (Å²) in [5, 5.41) is 1.32. The van der Waals surface area contributed by atoms with Crippen molar-refractivity contribution in [3.05, 3.63) is 99.5 Å². The van der Waals surface area contributed by atoms with Gasteiger partial charge in [-0.05, 0) is 60.2 Å². The molecule has 0 amide bonds. The lowest BCUT2D eigenvalue weighted by Gasteiger charge is -2.36. The fraction of sp³-hybridized carbons (Fsp3) is 0.259. The van der Waals surface area contributed by atoms with Gasteiger partial charge in [0, 0.05) is 59.6 Å². The van der Waals surface area contributed by atoms with E-state index in [1.165, 1.54) is 5.69 Å². The Hall–Kier alpha value is -2.86. The number of ether oxygens (including phenoxy) is 1. The first-order valence-electron chi connectivity index (χ1n) is 11.3. The molecule has 1 saturated heterocycles. The minimum atomic E-state index is -0.295. The number of anilines is 1. The monoisotopic (exact) mass is 496 g/mol. The first kappa shape index (κ1) is 24.3. The smallest absolute Gasteiger partial charge is 0.310 e. The molecular weight excluding hydrogens is 471 g/mol. The molecule has 7 heteroatoms. The normalized spacial score (nSPS) is 14.1. The molecule has 4 rings (SSSR count). The highest BCUT2D eigenvalue weighted by Crippen LogP contribution is 2.19. The molecule has 1 aliphatic heterocycles. The van der Waals surface area contributed by atoms with Crippen molar-refractivity contribution in [1.82, 2.24) is 4.90 Å². The van der Waals surface area contributed by atoms with Crippen molar-refractivity contribution in [2.45, 2.75) is 6.42 Å². The predicted molar refractivity (Wildman–Crippen MR) is 136 cm³/mol. The van der Waals surface area contributed by atoms with Crippen LogP contribution in [0.5, 0.6) is 0 Å². The summed E-state index contributed by atoms with van der Waals surface area (Å²) in [5.74, 6) is -0.402. The summed E-state index contributed by atoms with van der Waals surface area (Å²) in [6.45, 7) is 4.72. The van der Waals surface area contributed by atoms with Crippen LogP contribution in [0.4, 0.5) is 5.69 Å². The predicted octanol–water partition coefficient (Wildman–Crippen LogP) is 5.13. The lowest BCUT2D eigenvalue weighted by atomic mass is 10.0. The van der Waals surface area contributed by atoms with Crippen molar-refractivity contribution in [2.75, 3.05) is 44.2 Å². The van der Waals surface area contributed by atoms with E-state index in [1.54, 1.807) is 42.5 Å². The third kappa shape index (κ3) is 6.60. The lowest BCUT2D eigenvalue weighted by molar-refractivity contribution is -0.143. The first-order chi connectivity index (χ1) is 16.5. The Balaban J connectivity index is 1.21. The molecule has 3 aromatic carbocycles. The average molecular weight is 497 g/mol. The number of carbonyl (C=O) groups excluding carboxylic acids is 2. The van der Waals surface area contributed by atoms with E-state index in [4.69, 9.17) is 27.9 Å². The van der Waals surface area contributed by atoms with Crippen LogP contribution in [0.3, 0.4) is 0 Å². The second kappa shape index (κ2) is 11.5. The zero-order valence-corrected chi connectivity index (χ0v) is 20.3. The van der Waals surface area contributed by atoms with Crippen LogP contribution in [0.25, 0.3) is 0 Å². The summed E-state index contributed by atoms with van der Waals surface area (Å²) < 4.78 is 5.46. The Labute approximate surface area is 209 Å². The van der Waals surface area contributed by atoms with Gasteiger partial charge in [0.05, 0.1) is 6.42 Å². The molecule has 0 atom stereocenters. The standard InChI is InChI=1S/C27H26Cl2N2O3/c28-23-6-4-21(5-7-23)27(33)22-3-1-2-20(18-22)19-26(32)34-17-16-30-12-14-31(15-13-30)25-10-8-24(29)9-11-25/h1-11,18H,12-17,19H2. The third-order valence-corrected chi connectivity index (χ3v) is 6.38. The number of hydrogen-bond acceptors (Lipinski definition) is 5. The highest BCUT2D eigenvalue weighted by Gasteiger charge is 2.18. The van der Waals surface area contributed by atoms with Gasteiger partial charge in [0.2, 0.25) is 0 Å². The van der Waals surface area contributed by atoms with Crippen LogP contribution in [0.1, 0.15) is 21.5 Å². The van der Waals surface area contributed by atoms with E-state index in [-0.39, 0.29) is 18.2 Å². The van der Waals surface area contributed by atoms with Crippen molar-refractivity contribution in [1.29, 1.82) is 0 Å². The maximum Gasteiger partial charge on any atom is 0.310 e. The topological polar surface area (TPSA) is 49.9 Å². The molecule has 5 nitrogen and oxygen atoms in total. The Morgan fingerprint density at radius 3 is 2.12 bits per heavy atom. The molecule has 3 aromatic rings. The fourth-order valence-corrected chi connectivity index (χ4v) is 4.23. The largest absolute Gasteiger partial charge is 0.464 e. The molecule has 0 bridgehead atoms.